The Labute approximate surface area is 120 Å². The lowest BCUT2D eigenvalue weighted by atomic mass is 10.00. The molecule has 1 aromatic heterocycles. The Morgan fingerprint density at radius 2 is 1.79 bits per heavy atom. The van der Waals surface area contributed by atoms with Crippen LogP contribution in [0.25, 0.3) is 0 Å². The number of nitrogens with zero attached hydrogens (tertiary/aromatic N) is 2. The molecule has 0 bridgehead atoms. The van der Waals surface area contributed by atoms with Crippen LogP contribution >= 0.6 is 15.9 Å². The first kappa shape index (κ1) is 12.8. The predicted octanol–water partition coefficient (Wildman–Crippen LogP) is 2.69. The zero-order valence-electron chi connectivity index (χ0n) is 10.9. The number of rotatable bonds is 1. The standard InChI is InChI=1S/C14H15BrN2O2/c1-7-5-9-10(6-7)14(19)17(13(9)18)12-4-3-11(15)8(2)16-12/h3-4,7,9-10H,5-6H2,1-2H3. The van der Waals surface area contributed by atoms with Gasteiger partial charge in [-0.15, -0.1) is 0 Å². The molecular weight excluding hydrogens is 308 g/mol. The Hall–Kier alpha value is -1.23. The molecule has 4 nitrogen and oxygen atoms in total. The molecule has 0 spiro atoms. The molecule has 0 aromatic carbocycles. The highest BCUT2D eigenvalue weighted by Crippen LogP contribution is 2.44. The molecule has 1 saturated heterocycles. The van der Waals surface area contributed by atoms with Crippen molar-refractivity contribution in [3.63, 3.8) is 0 Å². The van der Waals surface area contributed by atoms with Gasteiger partial charge in [-0.3, -0.25) is 9.59 Å². The normalized spacial score (nSPS) is 30.1. The van der Waals surface area contributed by atoms with Crippen molar-refractivity contribution in [2.24, 2.45) is 17.8 Å². The third kappa shape index (κ3) is 1.91. The van der Waals surface area contributed by atoms with Gasteiger partial charge in [-0.1, -0.05) is 6.92 Å². The summed E-state index contributed by atoms with van der Waals surface area (Å²) >= 11 is 3.37. The maximum absolute atomic E-state index is 12.4. The number of aromatic nitrogens is 1. The van der Waals surface area contributed by atoms with Gasteiger partial charge in [0.2, 0.25) is 11.8 Å². The van der Waals surface area contributed by atoms with Crippen molar-refractivity contribution in [1.29, 1.82) is 0 Å². The first-order valence-corrected chi connectivity index (χ1v) is 7.29. The van der Waals surface area contributed by atoms with Gasteiger partial charge in [0.25, 0.3) is 0 Å². The Morgan fingerprint density at radius 3 is 2.32 bits per heavy atom. The molecule has 1 aliphatic heterocycles. The number of imide groups is 1. The number of carbonyl (C=O) groups excluding carboxylic acids is 2. The zero-order valence-corrected chi connectivity index (χ0v) is 12.5. The minimum atomic E-state index is -0.131. The molecule has 2 unspecified atom stereocenters. The van der Waals surface area contributed by atoms with Crippen molar-refractivity contribution in [3.05, 3.63) is 22.3 Å². The number of fused-ring (bicyclic) bond motifs is 1. The maximum atomic E-state index is 12.4. The van der Waals surface area contributed by atoms with E-state index in [1.165, 1.54) is 4.90 Å². The SMILES string of the molecule is Cc1nc(N2C(=O)C3CC(C)CC3C2=O)ccc1Br. The van der Waals surface area contributed by atoms with E-state index in [2.05, 4.69) is 27.8 Å². The minimum Gasteiger partial charge on any atom is -0.274 e. The summed E-state index contributed by atoms with van der Waals surface area (Å²) < 4.78 is 0.879. The van der Waals surface area contributed by atoms with Gasteiger partial charge in [-0.05, 0) is 53.7 Å². The molecule has 2 aliphatic rings. The summed E-state index contributed by atoms with van der Waals surface area (Å²) in [4.78, 5) is 30.4. The second-order valence-electron chi connectivity index (χ2n) is 5.54. The van der Waals surface area contributed by atoms with Crippen molar-refractivity contribution in [2.45, 2.75) is 26.7 Å². The monoisotopic (exact) mass is 322 g/mol. The highest BCUT2D eigenvalue weighted by Gasteiger charge is 2.52. The number of halogens is 1. The van der Waals surface area contributed by atoms with Crippen molar-refractivity contribution in [1.82, 2.24) is 4.98 Å². The quantitative estimate of drug-likeness (QED) is 0.747. The minimum absolute atomic E-state index is 0.0754. The Bertz CT molecular complexity index is 549. The largest absolute Gasteiger partial charge is 0.274 e. The molecule has 2 heterocycles. The van der Waals surface area contributed by atoms with Crippen LogP contribution in [0, 0.1) is 24.7 Å². The number of aryl methyl sites for hydroxylation is 1. The fraction of sp³-hybridized carbons (Fsp3) is 0.500. The molecule has 1 saturated carbocycles. The summed E-state index contributed by atoms with van der Waals surface area (Å²) in [6.07, 6.45) is 1.64. The highest BCUT2D eigenvalue weighted by atomic mass is 79.9. The van der Waals surface area contributed by atoms with E-state index in [1.807, 2.05) is 13.0 Å². The molecule has 0 radical (unpaired) electrons. The van der Waals surface area contributed by atoms with Crippen LogP contribution in [-0.2, 0) is 9.59 Å². The number of hydrogen-bond acceptors (Lipinski definition) is 3. The lowest BCUT2D eigenvalue weighted by Gasteiger charge is -2.16. The van der Waals surface area contributed by atoms with Gasteiger partial charge in [-0.25, -0.2) is 9.88 Å². The van der Waals surface area contributed by atoms with Crippen molar-refractivity contribution in [2.75, 3.05) is 4.90 Å². The molecule has 1 aliphatic carbocycles. The third-order valence-corrected chi connectivity index (χ3v) is 4.95. The summed E-state index contributed by atoms with van der Waals surface area (Å²) in [5.74, 6) is 0.506. The second-order valence-corrected chi connectivity index (χ2v) is 6.39. The molecule has 19 heavy (non-hydrogen) atoms. The number of amides is 2. The molecule has 3 rings (SSSR count). The van der Waals surface area contributed by atoms with E-state index in [9.17, 15) is 9.59 Å². The molecule has 5 heteroatoms. The van der Waals surface area contributed by atoms with Crippen LogP contribution in [0.4, 0.5) is 5.82 Å². The van der Waals surface area contributed by atoms with Gasteiger partial charge in [0.05, 0.1) is 17.5 Å². The van der Waals surface area contributed by atoms with E-state index in [1.54, 1.807) is 6.07 Å². The smallest absolute Gasteiger partial charge is 0.238 e. The summed E-state index contributed by atoms with van der Waals surface area (Å²) in [6.45, 7) is 3.95. The average molecular weight is 323 g/mol. The summed E-state index contributed by atoms with van der Waals surface area (Å²) in [6, 6.07) is 3.55. The molecule has 1 aromatic rings. The first-order chi connectivity index (χ1) is 8.99. The summed E-state index contributed by atoms with van der Waals surface area (Å²) in [5.41, 5.74) is 0.781. The van der Waals surface area contributed by atoms with E-state index < -0.39 is 0 Å². The van der Waals surface area contributed by atoms with Gasteiger partial charge < -0.3 is 0 Å². The third-order valence-electron chi connectivity index (χ3n) is 4.11. The lowest BCUT2D eigenvalue weighted by Crippen LogP contribution is -2.32. The second kappa shape index (κ2) is 4.40. The number of pyridine rings is 1. The van der Waals surface area contributed by atoms with E-state index in [-0.39, 0.29) is 23.7 Å². The predicted molar refractivity (Wildman–Crippen MR) is 74.5 cm³/mol. The summed E-state index contributed by atoms with van der Waals surface area (Å²) in [7, 11) is 0. The Kier molecular flexibility index (Phi) is 2.96. The molecule has 2 fully saturated rings. The lowest BCUT2D eigenvalue weighted by molar-refractivity contribution is -0.123. The van der Waals surface area contributed by atoms with Gasteiger partial charge in [0.1, 0.15) is 5.82 Å². The Morgan fingerprint density at radius 1 is 1.21 bits per heavy atom. The number of hydrogen-bond donors (Lipinski definition) is 0. The van der Waals surface area contributed by atoms with Gasteiger partial charge in [0.15, 0.2) is 0 Å². The molecule has 2 atom stereocenters. The van der Waals surface area contributed by atoms with Crippen LogP contribution in [0.5, 0.6) is 0 Å². The Balaban J connectivity index is 1.96. The van der Waals surface area contributed by atoms with Crippen LogP contribution in [0.3, 0.4) is 0 Å². The summed E-state index contributed by atoms with van der Waals surface area (Å²) in [5, 5.41) is 0. The van der Waals surface area contributed by atoms with Crippen molar-refractivity contribution < 1.29 is 9.59 Å². The van der Waals surface area contributed by atoms with Crippen LogP contribution in [0.1, 0.15) is 25.5 Å². The molecule has 2 amide bonds. The molecule has 100 valence electrons. The fourth-order valence-corrected chi connectivity index (χ4v) is 3.38. The number of carbonyl (C=O) groups is 2. The highest BCUT2D eigenvalue weighted by molar-refractivity contribution is 9.10. The van der Waals surface area contributed by atoms with Crippen LogP contribution in [0.15, 0.2) is 16.6 Å². The van der Waals surface area contributed by atoms with E-state index in [0.717, 1.165) is 23.0 Å². The zero-order chi connectivity index (χ0) is 13.7. The van der Waals surface area contributed by atoms with E-state index in [4.69, 9.17) is 0 Å². The van der Waals surface area contributed by atoms with Crippen LogP contribution in [-0.4, -0.2) is 16.8 Å². The molecule has 0 N–H and O–H groups in total. The van der Waals surface area contributed by atoms with Crippen LogP contribution in [0.2, 0.25) is 0 Å². The van der Waals surface area contributed by atoms with E-state index >= 15 is 0 Å². The van der Waals surface area contributed by atoms with E-state index in [0.29, 0.717) is 11.7 Å². The van der Waals surface area contributed by atoms with Gasteiger partial charge in [0, 0.05) is 4.47 Å². The van der Waals surface area contributed by atoms with Gasteiger partial charge >= 0.3 is 0 Å². The fourth-order valence-electron chi connectivity index (χ4n) is 3.16. The average Bonchev–Trinajstić information content (AvgIpc) is 2.84. The first-order valence-electron chi connectivity index (χ1n) is 6.50. The van der Waals surface area contributed by atoms with Crippen molar-refractivity contribution >= 4 is 33.6 Å². The van der Waals surface area contributed by atoms with Gasteiger partial charge in [-0.2, -0.15) is 0 Å². The van der Waals surface area contributed by atoms with Crippen molar-refractivity contribution in [3.8, 4) is 0 Å². The molecular formula is C14H15BrN2O2. The maximum Gasteiger partial charge on any atom is 0.238 e. The van der Waals surface area contributed by atoms with Crippen LogP contribution < -0.4 is 4.90 Å². The topological polar surface area (TPSA) is 50.3 Å². The number of anilines is 1.